The summed E-state index contributed by atoms with van der Waals surface area (Å²) in [6.45, 7) is 7.82. The van der Waals surface area contributed by atoms with E-state index in [2.05, 4.69) is 48.1 Å². The number of pyridine rings is 1. The normalized spacial score (nSPS) is 14.6. The average molecular weight is 386 g/mol. The fraction of sp³-hybridized carbons (Fsp3) is 0.545. The van der Waals surface area contributed by atoms with Gasteiger partial charge in [0.1, 0.15) is 0 Å². The first-order valence-electron chi connectivity index (χ1n) is 10.2. The molecule has 1 aromatic heterocycles. The molecule has 1 aliphatic rings. The number of hydrogen-bond acceptors (Lipinski definition) is 2. The highest BCUT2D eigenvalue weighted by Crippen LogP contribution is 2.25. The monoisotopic (exact) mass is 385 g/mol. The van der Waals surface area contributed by atoms with Crippen LogP contribution in [0.5, 0.6) is 0 Å². The van der Waals surface area contributed by atoms with Crippen molar-refractivity contribution in [3.05, 3.63) is 45.2 Å². The van der Waals surface area contributed by atoms with Crippen LogP contribution in [0.25, 0.3) is 10.9 Å². The molecule has 0 radical (unpaired) electrons. The van der Waals surface area contributed by atoms with Crippen LogP contribution in [0.15, 0.2) is 23.0 Å². The molecule has 4 nitrogen and oxygen atoms in total. The number of thiocarbonyl (C=S) groups is 1. The van der Waals surface area contributed by atoms with E-state index < -0.39 is 0 Å². The summed E-state index contributed by atoms with van der Waals surface area (Å²) in [5, 5.41) is 5.27. The fourth-order valence-electron chi connectivity index (χ4n) is 3.88. The van der Waals surface area contributed by atoms with Gasteiger partial charge in [-0.25, -0.2) is 0 Å². The minimum Gasteiger partial charge on any atom is -0.363 e. The largest absolute Gasteiger partial charge is 0.363 e. The number of fused-ring (bicyclic) bond motifs is 1. The van der Waals surface area contributed by atoms with Gasteiger partial charge in [-0.1, -0.05) is 26.2 Å². The lowest BCUT2D eigenvalue weighted by Gasteiger charge is -2.31. The van der Waals surface area contributed by atoms with Crippen LogP contribution in [-0.4, -0.2) is 27.6 Å². The molecule has 2 N–H and O–H groups in total. The molecule has 0 unspecified atom stereocenters. The second-order valence-electron chi connectivity index (χ2n) is 7.80. The van der Waals surface area contributed by atoms with Crippen LogP contribution in [-0.2, 0) is 6.54 Å². The molecule has 0 aliphatic heterocycles. The van der Waals surface area contributed by atoms with Crippen LogP contribution < -0.4 is 10.9 Å². The van der Waals surface area contributed by atoms with Crippen molar-refractivity contribution >= 4 is 28.2 Å². The van der Waals surface area contributed by atoms with E-state index in [1.54, 1.807) is 0 Å². The van der Waals surface area contributed by atoms with Crippen LogP contribution >= 0.6 is 12.2 Å². The molecule has 0 amide bonds. The van der Waals surface area contributed by atoms with Crippen LogP contribution in [0, 0.1) is 13.8 Å². The maximum Gasteiger partial charge on any atom is 0.253 e. The van der Waals surface area contributed by atoms with Gasteiger partial charge in [-0.3, -0.25) is 4.79 Å². The van der Waals surface area contributed by atoms with Crippen molar-refractivity contribution < 1.29 is 0 Å². The van der Waals surface area contributed by atoms with Crippen molar-refractivity contribution in [1.82, 2.24) is 15.2 Å². The lowest BCUT2D eigenvalue weighted by atomic mass is 10.0. The summed E-state index contributed by atoms with van der Waals surface area (Å²) < 4.78 is 0. The Morgan fingerprint density at radius 3 is 2.63 bits per heavy atom. The molecule has 1 saturated carbocycles. The molecule has 0 atom stereocenters. The fourth-order valence-corrected chi connectivity index (χ4v) is 4.19. The zero-order valence-corrected chi connectivity index (χ0v) is 17.5. The summed E-state index contributed by atoms with van der Waals surface area (Å²) in [5.74, 6) is 0. The summed E-state index contributed by atoms with van der Waals surface area (Å²) in [5.41, 5.74) is 4.12. The minimum atomic E-state index is -0.00916. The Morgan fingerprint density at radius 2 is 1.93 bits per heavy atom. The topological polar surface area (TPSA) is 48.1 Å². The third-order valence-electron chi connectivity index (χ3n) is 5.71. The zero-order chi connectivity index (χ0) is 19.4. The summed E-state index contributed by atoms with van der Waals surface area (Å²) in [4.78, 5) is 18.0. The first-order chi connectivity index (χ1) is 13.0. The predicted octanol–water partition coefficient (Wildman–Crippen LogP) is 4.56. The number of nitrogens with zero attached hydrogens (tertiary/aromatic N) is 1. The molecular weight excluding hydrogens is 354 g/mol. The Kier molecular flexibility index (Phi) is 6.53. The minimum absolute atomic E-state index is 0.00916. The first kappa shape index (κ1) is 19.9. The van der Waals surface area contributed by atoms with Crippen molar-refractivity contribution in [2.24, 2.45) is 0 Å². The van der Waals surface area contributed by atoms with E-state index in [9.17, 15) is 4.79 Å². The van der Waals surface area contributed by atoms with Gasteiger partial charge in [-0.05, 0) is 80.0 Å². The summed E-state index contributed by atoms with van der Waals surface area (Å²) >= 11 is 5.70. The van der Waals surface area contributed by atoms with Crippen LogP contribution in [0.4, 0.5) is 0 Å². The van der Waals surface area contributed by atoms with Gasteiger partial charge in [-0.2, -0.15) is 0 Å². The summed E-state index contributed by atoms with van der Waals surface area (Å²) in [6.07, 6.45) is 7.03. The maximum absolute atomic E-state index is 12.7. The Bertz CT molecular complexity index is 868. The van der Waals surface area contributed by atoms with Crippen molar-refractivity contribution in [1.29, 1.82) is 0 Å². The van der Waals surface area contributed by atoms with Gasteiger partial charge in [0.15, 0.2) is 5.11 Å². The highest BCUT2D eigenvalue weighted by atomic mass is 32.1. The number of aryl methyl sites for hydroxylation is 2. The first-order valence-corrected chi connectivity index (χ1v) is 10.6. The third kappa shape index (κ3) is 4.70. The van der Waals surface area contributed by atoms with Crippen molar-refractivity contribution in [2.75, 3.05) is 6.54 Å². The molecule has 1 aliphatic carbocycles. The molecule has 0 spiro atoms. The third-order valence-corrected chi connectivity index (χ3v) is 6.09. The number of aromatic amines is 1. The van der Waals surface area contributed by atoms with Gasteiger partial charge in [0.2, 0.25) is 0 Å². The Morgan fingerprint density at radius 1 is 1.22 bits per heavy atom. The second kappa shape index (κ2) is 8.87. The molecule has 3 rings (SSSR count). The van der Waals surface area contributed by atoms with Gasteiger partial charge in [0.25, 0.3) is 5.56 Å². The Labute approximate surface area is 167 Å². The highest BCUT2D eigenvalue weighted by Gasteiger charge is 2.25. The number of aromatic nitrogens is 1. The van der Waals surface area contributed by atoms with E-state index >= 15 is 0 Å². The Hall–Kier alpha value is -1.88. The number of unbranched alkanes of at least 4 members (excludes halogenated alkanes) is 1. The van der Waals surface area contributed by atoms with Gasteiger partial charge >= 0.3 is 0 Å². The molecule has 0 saturated heterocycles. The van der Waals surface area contributed by atoms with Crippen LogP contribution in [0.2, 0.25) is 0 Å². The molecule has 5 heteroatoms. The van der Waals surface area contributed by atoms with Crippen molar-refractivity contribution in [3.8, 4) is 0 Å². The quantitative estimate of drug-likeness (QED) is 0.565. The van der Waals surface area contributed by atoms with E-state index in [4.69, 9.17) is 12.2 Å². The van der Waals surface area contributed by atoms with Crippen molar-refractivity contribution in [3.63, 3.8) is 0 Å². The molecule has 1 heterocycles. The molecule has 1 fully saturated rings. The summed E-state index contributed by atoms with van der Waals surface area (Å²) in [6, 6.07) is 6.68. The molecule has 1 aromatic carbocycles. The molecule has 2 aromatic rings. The number of H-pyrrole nitrogens is 1. The lowest BCUT2D eigenvalue weighted by Crippen LogP contribution is -2.45. The van der Waals surface area contributed by atoms with Gasteiger partial charge in [0.05, 0.1) is 6.54 Å². The molecule has 146 valence electrons. The van der Waals surface area contributed by atoms with Crippen LogP contribution in [0.3, 0.4) is 0 Å². The van der Waals surface area contributed by atoms with E-state index in [-0.39, 0.29) is 5.56 Å². The number of hydrogen-bond donors (Lipinski definition) is 2. The van der Waals surface area contributed by atoms with Crippen molar-refractivity contribution in [2.45, 2.75) is 71.9 Å². The van der Waals surface area contributed by atoms with Gasteiger partial charge in [-0.15, -0.1) is 0 Å². The smallest absolute Gasteiger partial charge is 0.253 e. The molecule has 0 bridgehead atoms. The van der Waals surface area contributed by atoms with E-state index in [0.29, 0.717) is 12.6 Å². The van der Waals surface area contributed by atoms with E-state index in [1.807, 2.05) is 6.07 Å². The number of benzene rings is 1. The van der Waals surface area contributed by atoms with Gasteiger partial charge < -0.3 is 15.2 Å². The van der Waals surface area contributed by atoms with E-state index in [1.165, 1.54) is 24.0 Å². The zero-order valence-electron chi connectivity index (χ0n) is 16.7. The standard InChI is InChI=1S/C22H31N3OS/c1-4-5-10-23-22(27)25(19-8-6-7-9-19)14-18-13-17-11-15(2)16(3)12-20(17)24-21(18)26/h11-13,19H,4-10,14H2,1-3H3,(H,23,27)(H,24,26). The maximum atomic E-state index is 12.7. The average Bonchev–Trinajstić information content (AvgIpc) is 3.16. The number of nitrogens with one attached hydrogen (secondary N) is 2. The molecular formula is C22H31N3OS. The number of rotatable bonds is 6. The summed E-state index contributed by atoms with van der Waals surface area (Å²) in [7, 11) is 0. The predicted molar refractivity (Wildman–Crippen MR) is 117 cm³/mol. The van der Waals surface area contributed by atoms with Crippen LogP contribution in [0.1, 0.15) is 62.1 Å². The SMILES string of the molecule is CCCCNC(=S)N(Cc1cc2cc(C)c(C)cc2[nH]c1=O)C1CCCC1. The lowest BCUT2D eigenvalue weighted by molar-refractivity contribution is 0.302. The van der Waals surface area contributed by atoms with E-state index in [0.717, 1.165) is 53.8 Å². The van der Waals surface area contributed by atoms with Gasteiger partial charge in [0, 0.05) is 23.7 Å². The molecule has 27 heavy (non-hydrogen) atoms. The highest BCUT2D eigenvalue weighted by molar-refractivity contribution is 7.80. The second-order valence-corrected chi connectivity index (χ2v) is 8.19. The Balaban J connectivity index is 1.88.